The van der Waals surface area contributed by atoms with Gasteiger partial charge in [-0.05, 0) is 31.0 Å². The van der Waals surface area contributed by atoms with Crippen molar-refractivity contribution in [2.45, 2.75) is 18.9 Å². The fraction of sp³-hybridized carbons (Fsp3) is 0.333. The second-order valence-electron chi connectivity index (χ2n) is 5.33. The number of H-pyrrole nitrogens is 1. The van der Waals surface area contributed by atoms with E-state index < -0.39 is 0 Å². The average molecular weight is 305 g/mol. The molecule has 1 aliphatic heterocycles. The Kier molecular flexibility index (Phi) is 3.94. The minimum atomic E-state index is -0.0436. The molecule has 0 saturated carbocycles. The van der Waals surface area contributed by atoms with Crippen molar-refractivity contribution in [3.63, 3.8) is 0 Å². The molecule has 2 heterocycles. The van der Waals surface area contributed by atoms with Gasteiger partial charge in [-0.25, -0.2) is 0 Å². The normalized spacial score (nSPS) is 18.8. The predicted molar refractivity (Wildman–Crippen MR) is 82.1 cm³/mol. The van der Waals surface area contributed by atoms with Gasteiger partial charge in [-0.3, -0.25) is 9.89 Å². The summed E-state index contributed by atoms with van der Waals surface area (Å²) in [5.74, 6) is -0.0436. The zero-order chi connectivity index (χ0) is 14.8. The van der Waals surface area contributed by atoms with Crippen molar-refractivity contribution in [2.24, 2.45) is 5.73 Å². The van der Waals surface area contributed by atoms with Crippen molar-refractivity contribution in [3.8, 4) is 11.3 Å². The summed E-state index contributed by atoms with van der Waals surface area (Å²) in [6, 6.07) is 9.20. The summed E-state index contributed by atoms with van der Waals surface area (Å²) in [6.45, 7) is 1.36. The topological polar surface area (TPSA) is 75.0 Å². The van der Waals surface area contributed by atoms with E-state index in [2.05, 4.69) is 10.2 Å². The van der Waals surface area contributed by atoms with E-state index in [-0.39, 0.29) is 11.9 Å². The molecule has 1 unspecified atom stereocenters. The molecule has 1 aliphatic rings. The highest BCUT2D eigenvalue weighted by Crippen LogP contribution is 2.21. The van der Waals surface area contributed by atoms with Gasteiger partial charge in [0.15, 0.2) is 0 Å². The van der Waals surface area contributed by atoms with Crippen LogP contribution in [0.15, 0.2) is 30.3 Å². The highest BCUT2D eigenvalue weighted by Gasteiger charge is 2.23. The SMILES string of the molecule is NC1CCCN(C(=O)c2cc(-c3ccc(Cl)cc3)n[nH]2)C1. The summed E-state index contributed by atoms with van der Waals surface area (Å²) in [4.78, 5) is 14.2. The van der Waals surface area contributed by atoms with Crippen molar-refractivity contribution < 1.29 is 4.79 Å². The van der Waals surface area contributed by atoms with Crippen LogP contribution in [0.2, 0.25) is 5.02 Å². The number of piperidine rings is 1. The van der Waals surface area contributed by atoms with Crippen LogP contribution in [0.3, 0.4) is 0 Å². The Bertz CT molecular complexity index is 637. The lowest BCUT2D eigenvalue weighted by atomic mass is 10.1. The molecule has 1 atom stereocenters. The number of carbonyl (C=O) groups excluding carboxylic acids is 1. The first-order valence-corrected chi connectivity index (χ1v) is 7.37. The molecular formula is C15H17ClN4O. The minimum absolute atomic E-state index is 0.0436. The van der Waals surface area contributed by atoms with Crippen molar-refractivity contribution in [1.82, 2.24) is 15.1 Å². The third-order valence-corrected chi connectivity index (χ3v) is 3.95. The molecule has 110 valence electrons. The Morgan fingerprint density at radius 3 is 2.86 bits per heavy atom. The number of amides is 1. The summed E-state index contributed by atoms with van der Waals surface area (Å²) in [5.41, 5.74) is 8.07. The van der Waals surface area contributed by atoms with Crippen LogP contribution in [0.25, 0.3) is 11.3 Å². The monoisotopic (exact) mass is 304 g/mol. The first-order valence-electron chi connectivity index (χ1n) is 6.99. The number of nitrogens with two attached hydrogens (primary N) is 1. The van der Waals surface area contributed by atoms with E-state index in [0.29, 0.717) is 17.3 Å². The Morgan fingerprint density at radius 2 is 2.14 bits per heavy atom. The van der Waals surface area contributed by atoms with E-state index in [1.54, 1.807) is 23.1 Å². The Labute approximate surface area is 128 Å². The number of rotatable bonds is 2. The fourth-order valence-electron chi connectivity index (χ4n) is 2.56. The molecule has 0 radical (unpaired) electrons. The lowest BCUT2D eigenvalue weighted by Gasteiger charge is -2.30. The van der Waals surface area contributed by atoms with E-state index >= 15 is 0 Å². The van der Waals surface area contributed by atoms with Crippen molar-refractivity contribution in [3.05, 3.63) is 41.0 Å². The zero-order valence-electron chi connectivity index (χ0n) is 11.6. The van der Waals surface area contributed by atoms with Gasteiger partial charge in [0.2, 0.25) is 0 Å². The maximum Gasteiger partial charge on any atom is 0.271 e. The van der Waals surface area contributed by atoms with Gasteiger partial charge in [-0.1, -0.05) is 23.7 Å². The highest BCUT2D eigenvalue weighted by molar-refractivity contribution is 6.30. The molecule has 0 bridgehead atoms. The van der Waals surface area contributed by atoms with Gasteiger partial charge in [0.25, 0.3) is 5.91 Å². The molecule has 21 heavy (non-hydrogen) atoms. The van der Waals surface area contributed by atoms with Gasteiger partial charge in [0.05, 0.1) is 5.69 Å². The summed E-state index contributed by atoms with van der Waals surface area (Å²) in [7, 11) is 0. The first-order chi connectivity index (χ1) is 10.1. The van der Waals surface area contributed by atoms with Crippen LogP contribution in [-0.2, 0) is 0 Å². The van der Waals surface area contributed by atoms with Gasteiger partial charge in [0, 0.05) is 29.7 Å². The number of hydrogen-bond acceptors (Lipinski definition) is 3. The molecule has 3 N–H and O–H groups in total. The molecule has 1 aromatic carbocycles. The van der Waals surface area contributed by atoms with E-state index in [1.807, 2.05) is 12.1 Å². The van der Waals surface area contributed by atoms with Crippen LogP contribution in [0.4, 0.5) is 0 Å². The second-order valence-corrected chi connectivity index (χ2v) is 5.76. The van der Waals surface area contributed by atoms with Gasteiger partial charge in [0.1, 0.15) is 5.69 Å². The van der Waals surface area contributed by atoms with Crippen molar-refractivity contribution in [2.75, 3.05) is 13.1 Å². The van der Waals surface area contributed by atoms with Crippen LogP contribution in [-0.4, -0.2) is 40.1 Å². The number of aromatic nitrogens is 2. The Balaban J connectivity index is 1.78. The molecule has 1 aromatic heterocycles. The number of nitrogens with one attached hydrogen (secondary N) is 1. The third-order valence-electron chi connectivity index (χ3n) is 3.69. The van der Waals surface area contributed by atoms with Gasteiger partial charge in [-0.15, -0.1) is 0 Å². The summed E-state index contributed by atoms with van der Waals surface area (Å²) >= 11 is 5.87. The van der Waals surface area contributed by atoms with E-state index in [1.165, 1.54) is 0 Å². The molecule has 1 fully saturated rings. The number of hydrogen-bond donors (Lipinski definition) is 2. The first kappa shape index (κ1) is 14.1. The lowest BCUT2D eigenvalue weighted by Crippen LogP contribution is -2.45. The molecule has 0 aliphatic carbocycles. The maximum absolute atomic E-state index is 12.4. The molecule has 3 rings (SSSR count). The molecule has 0 spiro atoms. The number of halogens is 1. The number of likely N-dealkylation sites (tertiary alicyclic amines) is 1. The third kappa shape index (κ3) is 3.09. The summed E-state index contributed by atoms with van der Waals surface area (Å²) < 4.78 is 0. The molecule has 6 heteroatoms. The smallest absolute Gasteiger partial charge is 0.271 e. The van der Waals surface area contributed by atoms with Crippen LogP contribution in [0, 0.1) is 0 Å². The average Bonchev–Trinajstić information content (AvgIpc) is 2.97. The molecule has 1 saturated heterocycles. The molecule has 2 aromatic rings. The van der Waals surface area contributed by atoms with Gasteiger partial charge < -0.3 is 10.6 Å². The van der Waals surface area contributed by atoms with Crippen LogP contribution < -0.4 is 5.73 Å². The minimum Gasteiger partial charge on any atom is -0.336 e. The number of nitrogens with zero attached hydrogens (tertiary/aromatic N) is 2. The fourth-order valence-corrected chi connectivity index (χ4v) is 2.69. The van der Waals surface area contributed by atoms with Crippen LogP contribution in [0.1, 0.15) is 23.3 Å². The number of aromatic amines is 1. The second kappa shape index (κ2) is 5.87. The highest BCUT2D eigenvalue weighted by atomic mass is 35.5. The van der Waals surface area contributed by atoms with E-state index in [9.17, 15) is 4.79 Å². The zero-order valence-corrected chi connectivity index (χ0v) is 12.3. The summed E-state index contributed by atoms with van der Waals surface area (Å²) in [6.07, 6.45) is 1.92. The summed E-state index contributed by atoms with van der Waals surface area (Å²) in [5, 5.41) is 7.69. The van der Waals surface area contributed by atoms with Gasteiger partial charge >= 0.3 is 0 Å². The molecule has 1 amide bonds. The van der Waals surface area contributed by atoms with Crippen molar-refractivity contribution in [1.29, 1.82) is 0 Å². The van der Waals surface area contributed by atoms with Crippen LogP contribution in [0.5, 0.6) is 0 Å². The van der Waals surface area contributed by atoms with E-state index in [4.69, 9.17) is 17.3 Å². The predicted octanol–water partition coefficient (Wildman–Crippen LogP) is 2.29. The largest absolute Gasteiger partial charge is 0.336 e. The maximum atomic E-state index is 12.4. The van der Waals surface area contributed by atoms with E-state index in [0.717, 1.165) is 30.6 Å². The number of carbonyl (C=O) groups is 1. The van der Waals surface area contributed by atoms with Crippen molar-refractivity contribution >= 4 is 17.5 Å². The Morgan fingerprint density at radius 1 is 1.38 bits per heavy atom. The Hall–Kier alpha value is -1.85. The standard InChI is InChI=1S/C15H17ClN4O/c16-11-5-3-10(4-6-11)13-8-14(19-18-13)15(21)20-7-1-2-12(17)9-20/h3-6,8,12H,1-2,7,9,17H2,(H,18,19). The molecule has 5 nitrogen and oxygen atoms in total. The number of benzene rings is 1. The lowest BCUT2D eigenvalue weighted by molar-refractivity contribution is 0.0703. The van der Waals surface area contributed by atoms with Gasteiger partial charge in [-0.2, -0.15) is 5.10 Å². The molecular weight excluding hydrogens is 288 g/mol. The van der Waals surface area contributed by atoms with Crippen LogP contribution >= 0.6 is 11.6 Å². The quantitative estimate of drug-likeness (QED) is 0.894.